The van der Waals surface area contributed by atoms with Crippen molar-refractivity contribution in [2.75, 3.05) is 5.32 Å². The van der Waals surface area contributed by atoms with Crippen molar-refractivity contribution in [2.24, 2.45) is 7.05 Å². The maximum Gasteiger partial charge on any atom is 0.228 e. The first kappa shape index (κ1) is 13.4. The van der Waals surface area contributed by atoms with Gasteiger partial charge >= 0.3 is 0 Å². The van der Waals surface area contributed by atoms with E-state index >= 15 is 0 Å². The van der Waals surface area contributed by atoms with Crippen LogP contribution in [0.5, 0.6) is 0 Å². The molecule has 0 aliphatic rings. The third kappa shape index (κ3) is 2.94. The monoisotopic (exact) mass is 279 g/mol. The Morgan fingerprint density at radius 1 is 1.24 bits per heavy atom. The van der Waals surface area contributed by atoms with Crippen LogP contribution in [0.4, 0.5) is 5.69 Å². The number of aryl methyl sites for hydroxylation is 2. The topological polar surface area (TPSA) is 46.9 Å². The molecule has 0 aliphatic heterocycles. The molecule has 1 N–H and O–H groups in total. The first-order chi connectivity index (χ1) is 10.1. The van der Waals surface area contributed by atoms with Gasteiger partial charge in [-0.25, -0.2) is 4.98 Å². The molecule has 0 fully saturated rings. The molecule has 3 aromatic rings. The standard InChI is InChI=1S/C17H17N3O/c1-12-4-3-5-13(8-12)9-17(21)19-14-6-7-16-15(10-14)18-11-20(16)2/h3-8,10-11H,9H2,1-2H3,(H,19,21). The number of benzene rings is 2. The number of carbonyl (C=O) groups excluding carboxylic acids is 1. The van der Waals surface area contributed by atoms with Gasteiger partial charge in [-0.15, -0.1) is 0 Å². The smallest absolute Gasteiger partial charge is 0.228 e. The Balaban J connectivity index is 1.73. The Hall–Kier alpha value is -2.62. The molecule has 0 saturated carbocycles. The highest BCUT2D eigenvalue weighted by molar-refractivity contribution is 5.94. The molecule has 3 rings (SSSR count). The fourth-order valence-electron chi connectivity index (χ4n) is 2.43. The number of amides is 1. The Morgan fingerprint density at radius 3 is 2.90 bits per heavy atom. The third-order valence-electron chi connectivity index (χ3n) is 3.46. The maximum absolute atomic E-state index is 12.1. The fourth-order valence-corrected chi connectivity index (χ4v) is 2.43. The largest absolute Gasteiger partial charge is 0.334 e. The normalized spacial score (nSPS) is 10.8. The van der Waals surface area contributed by atoms with Gasteiger partial charge in [0.05, 0.1) is 23.8 Å². The predicted octanol–water partition coefficient (Wildman–Crippen LogP) is 3.06. The van der Waals surface area contributed by atoms with Gasteiger partial charge in [0.25, 0.3) is 0 Å². The highest BCUT2D eigenvalue weighted by atomic mass is 16.1. The summed E-state index contributed by atoms with van der Waals surface area (Å²) in [5.74, 6) is -0.0177. The van der Waals surface area contributed by atoms with E-state index in [2.05, 4.69) is 10.3 Å². The zero-order chi connectivity index (χ0) is 14.8. The van der Waals surface area contributed by atoms with Crippen molar-refractivity contribution in [3.8, 4) is 0 Å². The summed E-state index contributed by atoms with van der Waals surface area (Å²) in [4.78, 5) is 16.4. The number of fused-ring (bicyclic) bond motifs is 1. The van der Waals surface area contributed by atoms with Gasteiger partial charge in [-0.05, 0) is 30.7 Å². The van der Waals surface area contributed by atoms with E-state index in [0.717, 1.165) is 27.8 Å². The van der Waals surface area contributed by atoms with E-state index in [4.69, 9.17) is 0 Å². The summed E-state index contributed by atoms with van der Waals surface area (Å²) < 4.78 is 1.95. The van der Waals surface area contributed by atoms with Crippen LogP contribution in [0.25, 0.3) is 11.0 Å². The molecule has 0 bridgehead atoms. The van der Waals surface area contributed by atoms with Crippen molar-refractivity contribution in [2.45, 2.75) is 13.3 Å². The molecule has 0 spiro atoms. The van der Waals surface area contributed by atoms with Crippen molar-refractivity contribution in [3.63, 3.8) is 0 Å². The zero-order valence-electron chi connectivity index (χ0n) is 12.1. The minimum absolute atomic E-state index is 0.0177. The lowest BCUT2D eigenvalue weighted by Crippen LogP contribution is -2.14. The number of nitrogens with one attached hydrogen (secondary N) is 1. The Kier molecular flexibility index (Phi) is 3.44. The van der Waals surface area contributed by atoms with E-state index in [-0.39, 0.29) is 5.91 Å². The van der Waals surface area contributed by atoms with Gasteiger partial charge in [-0.3, -0.25) is 4.79 Å². The van der Waals surface area contributed by atoms with Gasteiger partial charge < -0.3 is 9.88 Å². The quantitative estimate of drug-likeness (QED) is 0.801. The van der Waals surface area contributed by atoms with Gasteiger partial charge in [-0.1, -0.05) is 29.8 Å². The minimum Gasteiger partial charge on any atom is -0.334 e. The number of imidazole rings is 1. The predicted molar refractivity (Wildman–Crippen MR) is 84.2 cm³/mol. The number of hydrogen-bond donors (Lipinski definition) is 1. The molecule has 106 valence electrons. The molecule has 4 heteroatoms. The summed E-state index contributed by atoms with van der Waals surface area (Å²) in [6.45, 7) is 2.02. The number of hydrogen-bond acceptors (Lipinski definition) is 2. The Morgan fingerprint density at radius 2 is 2.10 bits per heavy atom. The number of rotatable bonds is 3. The first-order valence-electron chi connectivity index (χ1n) is 6.88. The number of nitrogens with zero attached hydrogens (tertiary/aromatic N) is 2. The molecule has 1 amide bonds. The first-order valence-corrected chi connectivity index (χ1v) is 6.88. The second kappa shape index (κ2) is 5.40. The van der Waals surface area contributed by atoms with Crippen LogP contribution >= 0.6 is 0 Å². The van der Waals surface area contributed by atoms with Gasteiger partial charge in [0, 0.05) is 12.7 Å². The number of aromatic nitrogens is 2. The van der Waals surface area contributed by atoms with Crippen LogP contribution in [0.1, 0.15) is 11.1 Å². The molecular formula is C17H17N3O. The molecular weight excluding hydrogens is 262 g/mol. The van der Waals surface area contributed by atoms with E-state index in [1.54, 1.807) is 6.33 Å². The number of carbonyl (C=O) groups is 1. The Bertz CT molecular complexity index is 805. The molecule has 0 aliphatic carbocycles. The Labute approximate surface area is 123 Å². The average molecular weight is 279 g/mol. The molecule has 2 aromatic carbocycles. The molecule has 0 atom stereocenters. The second-order valence-corrected chi connectivity index (χ2v) is 5.27. The highest BCUT2D eigenvalue weighted by Gasteiger charge is 2.06. The van der Waals surface area contributed by atoms with Crippen molar-refractivity contribution in [1.82, 2.24) is 9.55 Å². The van der Waals surface area contributed by atoms with E-state index in [1.165, 1.54) is 0 Å². The van der Waals surface area contributed by atoms with Crippen LogP contribution in [-0.2, 0) is 18.3 Å². The molecule has 4 nitrogen and oxygen atoms in total. The van der Waals surface area contributed by atoms with Gasteiger partial charge in [-0.2, -0.15) is 0 Å². The molecule has 1 aromatic heterocycles. The molecule has 0 radical (unpaired) electrons. The summed E-state index contributed by atoms with van der Waals surface area (Å²) in [6, 6.07) is 13.7. The van der Waals surface area contributed by atoms with Crippen LogP contribution in [0, 0.1) is 6.92 Å². The summed E-state index contributed by atoms with van der Waals surface area (Å²) in [6.07, 6.45) is 2.14. The van der Waals surface area contributed by atoms with E-state index in [1.807, 2.05) is 61.0 Å². The lowest BCUT2D eigenvalue weighted by atomic mass is 10.1. The number of anilines is 1. The summed E-state index contributed by atoms with van der Waals surface area (Å²) in [5.41, 5.74) is 4.89. The SMILES string of the molecule is Cc1cccc(CC(=O)Nc2ccc3c(c2)ncn3C)c1. The van der Waals surface area contributed by atoms with Crippen LogP contribution in [-0.4, -0.2) is 15.5 Å². The second-order valence-electron chi connectivity index (χ2n) is 5.27. The summed E-state index contributed by atoms with van der Waals surface area (Å²) >= 11 is 0. The highest BCUT2D eigenvalue weighted by Crippen LogP contribution is 2.17. The van der Waals surface area contributed by atoms with Crippen molar-refractivity contribution >= 4 is 22.6 Å². The van der Waals surface area contributed by atoms with Crippen LogP contribution in [0.3, 0.4) is 0 Å². The van der Waals surface area contributed by atoms with Crippen molar-refractivity contribution < 1.29 is 4.79 Å². The van der Waals surface area contributed by atoms with Crippen LogP contribution in [0.15, 0.2) is 48.8 Å². The summed E-state index contributed by atoms with van der Waals surface area (Å²) in [5, 5.41) is 2.92. The zero-order valence-corrected chi connectivity index (χ0v) is 12.1. The van der Waals surface area contributed by atoms with Crippen LogP contribution < -0.4 is 5.32 Å². The molecule has 1 heterocycles. The van der Waals surface area contributed by atoms with Crippen molar-refractivity contribution in [1.29, 1.82) is 0 Å². The maximum atomic E-state index is 12.1. The fraction of sp³-hybridized carbons (Fsp3) is 0.176. The van der Waals surface area contributed by atoms with Gasteiger partial charge in [0.2, 0.25) is 5.91 Å². The molecule has 0 unspecified atom stereocenters. The molecule has 21 heavy (non-hydrogen) atoms. The van der Waals surface area contributed by atoms with Gasteiger partial charge in [0.1, 0.15) is 0 Å². The lowest BCUT2D eigenvalue weighted by Gasteiger charge is -2.06. The van der Waals surface area contributed by atoms with E-state index in [0.29, 0.717) is 6.42 Å². The minimum atomic E-state index is -0.0177. The summed E-state index contributed by atoms with van der Waals surface area (Å²) in [7, 11) is 1.95. The van der Waals surface area contributed by atoms with E-state index < -0.39 is 0 Å². The van der Waals surface area contributed by atoms with Crippen LogP contribution in [0.2, 0.25) is 0 Å². The average Bonchev–Trinajstić information content (AvgIpc) is 2.80. The third-order valence-corrected chi connectivity index (χ3v) is 3.46. The lowest BCUT2D eigenvalue weighted by molar-refractivity contribution is -0.115. The van der Waals surface area contributed by atoms with Crippen molar-refractivity contribution in [3.05, 3.63) is 59.9 Å². The van der Waals surface area contributed by atoms with Gasteiger partial charge in [0.15, 0.2) is 0 Å². The molecule has 0 saturated heterocycles. The van der Waals surface area contributed by atoms with E-state index in [9.17, 15) is 4.79 Å².